The maximum Gasteiger partial charge on any atom is 0.203 e. The van der Waals surface area contributed by atoms with Gasteiger partial charge in [0.05, 0.1) is 39.4 Å². The van der Waals surface area contributed by atoms with Crippen LogP contribution in [0.3, 0.4) is 0 Å². The zero-order valence-corrected chi connectivity index (χ0v) is 18.1. The van der Waals surface area contributed by atoms with E-state index >= 15 is 0 Å². The largest absolute Gasteiger partial charge is 0.493 e. The molecule has 8 heteroatoms. The van der Waals surface area contributed by atoms with Crippen LogP contribution >= 0.6 is 11.6 Å². The fourth-order valence-corrected chi connectivity index (χ4v) is 3.23. The minimum Gasteiger partial charge on any atom is -0.493 e. The van der Waals surface area contributed by atoms with Gasteiger partial charge in [0.2, 0.25) is 5.75 Å². The number of hydrogen-bond acceptors (Lipinski definition) is 4. The number of methoxy groups -OCH3 is 3. The van der Waals surface area contributed by atoms with Gasteiger partial charge < -0.3 is 29.0 Å². The number of ether oxygens (including phenoxy) is 3. The van der Waals surface area contributed by atoms with Gasteiger partial charge in [-0.3, -0.25) is 0 Å². The summed E-state index contributed by atoms with van der Waals surface area (Å²) in [5, 5.41) is 4.05. The highest BCUT2D eigenvalue weighted by atomic mass is 35.5. The summed E-state index contributed by atoms with van der Waals surface area (Å²) >= 11 is 6.10. The van der Waals surface area contributed by atoms with E-state index in [-0.39, 0.29) is 0 Å². The molecule has 154 valence electrons. The van der Waals surface area contributed by atoms with Crippen molar-refractivity contribution in [2.75, 3.05) is 34.9 Å². The third kappa shape index (κ3) is 5.04. The Kier molecular flexibility index (Phi) is 7.87. The van der Waals surface area contributed by atoms with Crippen molar-refractivity contribution in [2.24, 2.45) is 12.0 Å². The number of aryl methyl sites for hydroxylation is 1. The highest BCUT2D eigenvalue weighted by molar-refractivity contribution is 6.30. The molecule has 2 rings (SSSR count). The smallest absolute Gasteiger partial charge is 0.203 e. The van der Waals surface area contributed by atoms with Crippen molar-refractivity contribution >= 4 is 17.6 Å². The predicted octanol–water partition coefficient (Wildman–Crippen LogP) is 3.30. The summed E-state index contributed by atoms with van der Waals surface area (Å²) in [6.45, 7) is 3.92. The molecule has 0 aliphatic heterocycles. The number of rotatable bonds is 8. The fraction of sp³-hybridized carbons (Fsp3) is 0.450. The first-order chi connectivity index (χ1) is 13.4. The van der Waals surface area contributed by atoms with Crippen molar-refractivity contribution in [2.45, 2.75) is 20.0 Å². The molecular weight excluding hydrogens is 380 g/mol. The topological polar surface area (TPSA) is 60.3 Å². The van der Waals surface area contributed by atoms with Crippen LogP contribution in [0.5, 0.6) is 17.2 Å². The van der Waals surface area contributed by atoms with Crippen LogP contribution in [0.1, 0.15) is 18.2 Å². The average molecular weight is 409 g/mol. The van der Waals surface area contributed by atoms with Crippen molar-refractivity contribution in [1.82, 2.24) is 14.8 Å². The molecule has 0 saturated heterocycles. The van der Waals surface area contributed by atoms with Crippen LogP contribution in [0.4, 0.5) is 0 Å². The Balaban J connectivity index is 2.25. The quantitative estimate of drug-likeness (QED) is 0.536. The highest BCUT2D eigenvalue weighted by Gasteiger charge is 2.16. The van der Waals surface area contributed by atoms with Crippen LogP contribution in [-0.4, -0.2) is 50.3 Å². The molecule has 1 N–H and O–H groups in total. The second-order valence-electron chi connectivity index (χ2n) is 6.28. The van der Waals surface area contributed by atoms with E-state index in [2.05, 4.69) is 10.2 Å². The summed E-state index contributed by atoms with van der Waals surface area (Å²) in [4.78, 5) is 6.83. The molecule has 0 saturated carbocycles. The summed E-state index contributed by atoms with van der Waals surface area (Å²) in [6, 6.07) is 5.75. The van der Waals surface area contributed by atoms with E-state index in [1.165, 1.54) is 0 Å². The number of benzene rings is 1. The van der Waals surface area contributed by atoms with Crippen LogP contribution in [0, 0.1) is 0 Å². The normalized spacial score (nSPS) is 11.3. The van der Waals surface area contributed by atoms with Crippen molar-refractivity contribution in [1.29, 1.82) is 0 Å². The lowest BCUT2D eigenvalue weighted by molar-refractivity contribution is 0.322. The molecule has 0 aliphatic carbocycles. The van der Waals surface area contributed by atoms with E-state index in [1.54, 1.807) is 21.3 Å². The molecule has 2 aromatic rings. The van der Waals surface area contributed by atoms with Gasteiger partial charge in [-0.1, -0.05) is 11.6 Å². The first kappa shape index (κ1) is 21.8. The monoisotopic (exact) mass is 408 g/mol. The summed E-state index contributed by atoms with van der Waals surface area (Å²) in [5.74, 6) is 2.60. The minimum atomic E-state index is 0.435. The highest BCUT2D eigenvalue weighted by Crippen LogP contribution is 2.39. The molecule has 28 heavy (non-hydrogen) atoms. The molecule has 0 unspecified atom stereocenters. The molecule has 0 bridgehead atoms. The van der Waals surface area contributed by atoms with Crippen molar-refractivity contribution < 1.29 is 14.2 Å². The molecule has 0 atom stereocenters. The SMILES string of the molecule is CCNC(=NCc1ccc(OC)c(OC)c1OC)N(C)Cc1cc(Cl)cn1C. The van der Waals surface area contributed by atoms with Gasteiger partial charge in [-0.05, 0) is 25.1 Å². The van der Waals surface area contributed by atoms with Gasteiger partial charge in [-0.2, -0.15) is 0 Å². The Hall–Kier alpha value is -2.54. The van der Waals surface area contributed by atoms with Gasteiger partial charge in [-0.15, -0.1) is 0 Å². The Morgan fingerprint density at radius 2 is 1.89 bits per heavy atom. The summed E-state index contributed by atoms with van der Waals surface area (Å²) in [5.41, 5.74) is 2.01. The molecule has 0 spiro atoms. The van der Waals surface area contributed by atoms with Crippen molar-refractivity contribution in [3.05, 3.63) is 40.7 Å². The molecule has 7 nitrogen and oxygen atoms in total. The van der Waals surface area contributed by atoms with Gasteiger partial charge in [0.15, 0.2) is 17.5 Å². The number of halogens is 1. The molecule has 0 aliphatic rings. The molecule has 0 amide bonds. The van der Waals surface area contributed by atoms with Gasteiger partial charge >= 0.3 is 0 Å². The average Bonchev–Trinajstić information content (AvgIpc) is 3.00. The second kappa shape index (κ2) is 10.1. The second-order valence-corrected chi connectivity index (χ2v) is 6.72. The lowest BCUT2D eigenvalue weighted by Crippen LogP contribution is -2.38. The lowest BCUT2D eigenvalue weighted by atomic mass is 10.1. The number of guanidine groups is 1. The molecule has 0 fully saturated rings. The zero-order chi connectivity index (χ0) is 20.7. The molecular formula is C20H29ClN4O3. The third-order valence-corrected chi connectivity index (χ3v) is 4.56. The molecule has 1 heterocycles. The first-order valence-electron chi connectivity index (χ1n) is 9.03. The lowest BCUT2D eigenvalue weighted by Gasteiger charge is -2.22. The number of nitrogens with zero attached hydrogens (tertiary/aromatic N) is 3. The zero-order valence-electron chi connectivity index (χ0n) is 17.4. The third-order valence-electron chi connectivity index (χ3n) is 4.36. The van der Waals surface area contributed by atoms with Crippen LogP contribution in [0.25, 0.3) is 0 Å². The number of aromatic nitrogens is 1. The van der Waals surface area contributed by atoms with Crippen LogP contribution < -0.4 is 19.5 Å². The molecule has 1 aromatic heterocycles. The van der Waals surface area contributed by atoms with E-state index in [4.69, 9.17) is 30.8 Å². The Morgan fingerprint density at radius 3 is 2.43 bits per heavy atom. The van der Waals surface area contributed by atoms with Gasteiger partial charge in [0.1, 0.15) is 0 Å². The van der Waals surface area contributed by atoms with E-state index in [0.717, 1.165) is 28.8 Å². The van der Waals surface area contributed by atoms with Crippen molar-refractivity contribution in [3.63, 3.8) is 0 Å². The number of hydrogen-bond donors (Lipinski definition) is 1. The van der Waals surface area contributed by atoms with E-state index < -0.39 is 0 Å². The predicted molar refractivity (Wildman–Crippen MR) is 113 cm³/mol. The van der Waals surface area contributed by atoms with E-state index in [1.807, 2.05) is 50.0 Å². The standard InChI is InChI=1S/C20H29ClN4O3/c1-7-22-20(25(3)13-16-10-15(21)12-24(16)2)23-11-14-8-9-17(26-4)19(28-6)18(14)27-5/h8-10,12H,7,11,13H2,1-6H3,(H,22,23). The maximum absolute atomic E-state index is 6.10. The summed E-state index contributed by atoms with van der Waals surface area (Å²) in [6.07, 6.45) is 1.89. The van der Waals surface area contributed by atoms with Gasteiger partial charge in [0, 0.05) is 38.1 Å². The van der Waals surface area contributed by atoms with Gasteiger partial charge in [0.25, 0.3) is 0 Å². The maximum atomic E-state index is 6.10. The number of nitrogens with one attached hydrogen (secondary N) is 1. The fourth-order valence-electron chi connectivity index (χ4n) is 2.96. The molecule has 1 aromatic carbocycles. The Labute approximate surface area is 171 Å². The Bertz CT molecular complexity index is 820. The molecule has 0 radical (unpaired) electrons. The van der Waals surface area contributed by atoms with Crippen molar-refractivity contribution in [3.8, 4) is 17.2 Å². The van der Waals surface area contributed by atoms with Crippen LogP contribution in [-0.2, 0) is 20.1 Å². The van der Waals surface area contributed by atoms with E-state index in [9.17, 15) is 0 Å². The van der Waals surface area contributed by atoms with Crippen LogP contribution in [0.15, 0.2) is 29.4 Å². The summed E-state index contributed by atoms with van der Waals surface area (Å²) in [7, 11) is 8.78. The summed E-state index contributed by atoms with van der Waals surface area (Å²) < 4.78 is 18.4. The Morgan fingerprint density at radius 1 is 1.18 bits per heavy atom. The number of aliphatic imine (C=N–C) groups is 1. The minimum absolute atomic E-state index is 0.435. The van der Waals surface area contributed by atoms with E-state index in [0.29, 0.717) is 30.3 Å². The van der Waals surface area contributed by atoms with Crippen LogP contribution in [0.2, 0.25) is 5.02 Å². The van der Waals surface area contributed by atoms with Gasteiger partial charge in [-0.25, -0.2) is 4.99 Å². The first-order valence-corrected chi connectivity index (χ1v) is 9.40.